The van der Waals surface area contributed by atoms with Gasteiger partial charge in [-0.1, -0.05) is 69.2 Å². The number of amides is 4. The van der Waals surface area contributed by atoms with Gasteiger partial charge in [0.15, 0.2) is 0 Å². The van der Waals surface area contributed by atoms with Crippen LogP contribution < -0.4 is 18.9 Å². The molecule has 0 N–H and O–H groups in total. The average molecular weight is 1260 g/mol. The van der Waals surface area contributed by atoms with Gasteiger partial charge in [-0.15, -0.1) is 0 Å². The van der Waals surface area contributed by atoms with E-state index in [-0.39, 0.29) is 119 Å². The summed E-state index contributed by atoms with van der Waals surface area (Å²) < 4.78 is 39.8. The molecule has 4 amide bonds. The fourth-order valence-corrected chi connectivity index (χ4v) is 9.36. The van der Waals surface area contributed by atoms with E-state index >= 15 is 0 Å². The molecule has 6 aromatic rings. The van der Waals surface area contributed by atoms with Gasteiger partial charge in [-0.3, -0.25) is 29.0 Å². The Morgan fingerprint density at radius 1 is 0.304 bits per heavy atom. The van der Waals surface area contributed by atoms with Gasteiger partial charge >= 0.3 is 71.6 Å². The van der Waals surface area contributed by atoms with Gasteiger partial charge in [-0.05, 0) is 104 Å². The van der Waals surface area contributed by atoms with E-state index in [2.05, 4.69) is 18.9 Å². The van der Waals surface area contributed by atoms with E-state index in [9.17, 15) is 76.7 Å². The van der Waals surface area contributed by atoms with E-state index in [1.807, 2.05) is 55.4 Å². The van der Waals surface area contributed by atoms with Gasteiger partial charge in [0.1, 0.15) is 23.0 Å². The molecule has 6 aromatic carbocycles. The molecule has 0 atom stereocenters. The van der Waals surface area contributed by atoms with Crippen molar-refractivity contribution in [2.75, 3.05) is 13.1 Å². The first-order chi connectivity index (χ1) is 44.1. The second-order valence-electron chi connectivity index (χ2n) is 18.5. The third-order valence-electron chi connectivity index (χ3n) is 13.3. The Kier molecular flexibility index (Phi) is 20.9. The standard InChI is InChI=1S/2C29H15NO12.4C2H6/c1-2-9-30-22(31)20-18(39-24(33)12-3-5-14-16(10-12)28(37)41-26(14)35)7-8-19(21(20)23(30)32)40-25(34)13-4-6-15-17(11-13)29(38)42-27(15)36;1-2-7-30-22(31)19-10-14(39-24(33)12-3-5-15-17(8-12)28(37)41-26(15)35)11-20(21(19)23(30)32)40-25(34)13-4-6-16-18(9-13)29(38)42-27(16)36;4*1-2/h3-8,10-11H,2,9H2,1H3;3-6,8-11H,2,7H2,1H3;4*1-2H3. The van der Waals surface area contributed by atoms with Crippen molar-refractivity contribution in [1.82, 2.24) is 9.80 Å². The lowest BCUT2D eigenvalue weighted by Crippen LogP contribution is -2.30. The molecule has 12 rings (SSSR count). The number of cyclic esters (lactones) is 8. The Balaban J connectivity index is 0.000000236. The minimum absolute atomic E-state index is 0.0208. The van der Waals surface area contributed by atoms with Crippen LogP contribution in [0.5, 0.6) is 23.0 Å². The lowest BCUT2D eigenvalue weighted by molar-refractivity contribution is 0.0425. The molecule has 0 fully saturated rings. The number of fused-ring (bicyclic) bond motifs is 6. The Hall–Kier alpha value is -12.0. The molecule has 0 radical (unpaired) electrons. The van der Waals surface area contributed by atoms with Gasteiger partial charge < -0.3 is 37.9 Å². The molecule has 6 aliphatic heterocycles. The Morgan fingerprint density at radius 2 is 0.576 bits per heavy atom. The summed E-state index contributed by atoms with van der Waals surface area (Å²) in [5.41, 5.74) is -2.30. The minimum Gasteiger partial charge on any atom is -0.423 e. The van der Waals surface area contributed by atoms with E-state index in [1.54, 1.807) is 13.8 Å². The molecule has 0 aliphatic carbocycles. The number of carbonyl (C=O) groups excluding carboxylic acids is 16. The van der Waals surface area contributed by atoms with Crippen LogP contribution in [0.1, 0.15) is 248 Å². The van der Waals surface area contributed by atoms with Crippen LogP contribution in [0.15, 0.2) is 97.1 Å². The second kappa shape index (κ2) is 28.5. The van der Waals surface area contributed by atoms with Crippen LogP contribution in [0, 0.1) is 0 Å². The SMILES string of the molecule is CC.CC.CC.CC.CCCN1C(=O)c2c(OC(=O)c3ccc4c(c3)C(=O)OC4=O)ccc(OC(=O)c3ccc4c(c3)C(=O)OC4=O)c2C1=O.CCCN1C(=O)c2cc(OC(=O)c3ccc4c(c3)C(=O)OC4=O)cc(OC(=O)c3ccc4c(c3)C(=O)OC4=O)c2C1=O. The van der Waals surface area contributed by atoms with Crippen molar-refractivity contribution in [3.05, 3.63) is 186 Å². The summed E-state index contributed by atoms with van der Waals surface area (Å²) >= 11 is 0. The molecule has 6 heterocycles. The molecule has 6 aliphatic rings. The molecular formula is C66H54N2O24. The lowest BCUT2D eigenvalue weighted by atomic mass is 10.0. The summed E-state index contributed by atoms with van der Waals surface area (Å²) in [5, 5.41) is 0. The Labute approximate surface area is 522 Å². The predicted molar refractivity (Wildman–Crippen MR) is 314 cm³/mol. The molecule has 0 saturated carbocycles. The summed E-state index contributed by atoms with van der Waals surface area (Å²) in [6.07, 6.45) is 0.846. The monoisotopic (exact) mass is 1260 g/mol. The summed E-state index contributed by atoms with van der Waals surface area (Å²) in [5.74, 6) is -15.6. The number of rotatable bonds is 12. The number of ether oxygens (including phenoxy) is 8. The maximum Gasteiger partial charge on any atom is 0.346 e. The molecule has 0 unspecified atom stereocenters. The third kappa shape index (κ3) is 12.7. The summed E-state index contributed by atoms with van der Waals surface area (Å²) in [7, 11) is 0. The first-order valence-corrected chi connectivity index (χ1v) is 28.7. The number of carbonyl (C=O) groups is 16. The second-order valence-corrected chi connectivity index (χ2v) is 18.5. The number of imide groups is 2. The molecule has 92 heavy (non-hydrogen) atoms. The smallest absolute Gasteiger partial charge is 0.346 e. The largest absolute Gasteiger partial charge is 0.423 e. The fourth-order valence-electron chi connectivity index (χ4n) is 9.36. The molecule has 0 bridgehead atoms. The zero-order valence-electron chi connectivity index (χ0n) is 50.8. The zero-order valence-corrected chi connectivity index (χ0v) is 50.8. The third-order valence-corrected chi connectivity index (χ3v) is 13.3. The number of hydrogen-bond donors (Lipinski definition) is 0. The maximum absolute atomic E-state index is 13.3. The van der Waals surface area contributed by atoms with Crippen LogP contribution in [0.3, 0.4) is 0 Å². The van der Waals surface area contributed by atoms with Gasteiger partial charge in [0, 0.05) is 19.2 Å². The molecule has 26 nitrogen and oxygen atoms in total. The number of benzene rings is 6. The lowest BCUT2D eigenvalue weighted by Gasteiger charge is -2.12. The van der Waals surface area contributed by atoms with Crippen molar-refractivity contribution in [2.45, 2.75) is 82.1 Å². The quantitative estimate of drug-likeness (QED) is 0.0361. The van der Waals surface area contributed by atoms with Gasteiger partial charge in [0.25, 0.3) is 23.6 Å². The van der Waals surface area contributed by atoms with Crippen LogP contribution in [0.2, 0.25) is 0 Å². The summed E-state index contributed by atoms with van der Waals surface area (Å²) in [4.78, 5) is 201. The topological polar surface area (TPSA) is 353 Å². The molecule has 0 aromatic heterocycles. The van der Waals surface area contributed by atoms with Crippen LogP contribution in [-0.2, 0) is 18.9 Å². The fraction of sp³-hybridized carbons (Fsp3) is 0.212. The highest BCUT2D eigenvalue weighted by atomic mass is 16.6. The maximum atomic E-state index is 13.3. The molecule has 0 spiro atoms. The van der Waals surface area contributed by atoms with Crippen LogP contribution in [0.4, 0.5) is 0 Å². The van der Waals surface area contributed by atoms with E-state index in [1.165, 1.54) is 48.5 Å². The van der Waals surface area contributed by atoms with Gasteiger partial charge in [0.2, 0.25) is 0 Å². The average Bonchev–Trinajstić information content (AvgIpc) is 1.83. The molecular weight excluding hydrogens is 1200 g/mol. The summed E-state index contributed by atoms with van der Waals surface area (Å²) in [6.45, 7) is 19.6. The Bertz CT molecular complexity index is 4120. The van der Waals surface area contributed by atoms with Crippen molar-refractivity contribution >= 4 is 95.3 Å². The summed E-state index contributed by atoms with van der Waals surface area (Å²) in [6, 6.07) is 18.7. The number of nitrogens with zero attached hydrogens (tertiary/aromatic N) is 2. The highest BCUT2D eigenvalue weighted by Gasteiger charge is 2.43. The van der Waals surface area contributed by atoms with Gasteiger partial charge in [0.05, 0.1) is 89.0 Å². The van der Waals surface area contributed by atoms with E-state index in [0.717, 1.165) is 58.3 Å². The Morgan fingerprint density at radius 3 is 0.891 bits per heavy atom. The van der Waals surface area contributed by atoms with E-state index < -0.39 is 101 Å². The van der Waals surface area contributed by atoms with Gasteiger partial charge in [-0.2, -0.15) is 0 Å². The molecule has 0 saturated heterocycles. The zero-order chi connectivity index (χ0) is 67.7. The van der Waals surface area contributed by atoms with Crippen molar-refractivity contribution in [2.24, 2.45) is 0 Å². The minimum atomic E-state index is -1.05. The highest BCUT2D eigenvalue weighted by molar-refractivity contribution is 6.25. The van der Waals surface area contributed by atoms with Crippen molar-refractivity contribution in [3.8, 4) is 23.0 Å². The molecule has 26 heteroatoms. The molecule has 472 valence electrons. The normalized spacial score (nSPS) is 13.8. The highest BCUT2D eigenvalue weighted by Crippen LogP contribution is 2.40. The van der Waals surface area contributed by atoms with Crippen molar-refractivity contribution < 1.29 is 115 Å². The van der Waals surface area contributed by atoms with Crippen molar-refractivity contribution in [3.63, 3.8) is 0 Å². The number of hydrogen-bond acceptors (Lipinski definition) is 24. The van der Waals surface area contributed by atoms with Gasteiger partial charge in [-0.25, -0.2) is 57.5 Å². The van der Waals surface area contributed by atoms with Crippen LogP contribution >= 0.6 is 0 Å². The number of esters is 12. The first-order valence-electron chi connectivity index (χ1n) is 28.7. The van der Waals surface area contributed by atoms with E-state index in [0.29, 0.717) is 12.8 Å². The first kappa shape index (κ1) is 67.5. The van der Waals surface area contributed by atoms with Crippen LogP contribution in [0.25, 0.3) is 0 Å². The van der Waals surface area contributed by atoms with Crippen molar-refractivity contribution in [1.29, 1.82) is 0 Å². The predicted octanol–water partition coefficient (Wildman–Crippen LogP) is 9.61. The van der Waals surface area contributed by atoms with Crippen LogP contribution in [-0.4, -0.2) is 118 Å². The van der Waals surface area contributed by atoms with E-state index in [4.69, 9.17) is 18.9 Å².